The van der Waals surface area contributed by atoms with E-state index in [1.54, 1.807) is 22.8 Å². The summed E-state index contributed by atoms with van der Waals surface area (Å²) < 4.78 is 30.0. The summed E-state index contributed by atoms with van der Waals surface area (Å²) in [4.78, 5) is 4.73. The van der Waals surface area contributed by atoms with E-state index in [1.807, 2.05) is 72.8 Å². The van der Waals surface area contributed by atoms with Crippen molar-refractivity contribution in [2.75, 3.05) is 5.32 Å². The van der Waals surface area contributed by atoms with Crippen LogP contribution in [-0.2, 0) is 28.9 Å². The predicted molar refractivity (Wildman–Crippen MR) is 151 cm³/mol. The number of anilines is 1. The van der Waals surface area contributed by atoms with Gasteiger partial charge in [0, 0.05) is 29.7 Å². The number of hydrogen-bond acceptors (Lipinski definition) is 5. The minimum Gasteiger partial charge on any atom is -0.366 e. The Morgan fingerprint density at radius 2 is 1.54 bits per heavy atom. The van der Waals surface area contributed by atoms with E-state index >= 15 is 0 Å². The highest BCUT2D eigenvalue weighted by atomic mass is 79.9. The summed E-state index contributed by atoms with van der Waals surface area (Å²) >= 11 is 9.94. The van der Waals surface area contributed by atoms with E-state index in [4.69, 9.17) is 16.6 Å². The molecule has 0 aliphatic heterocycles. The fraction of sp³-hybridized carbons (Fsp3) is 0.111. The molecule has 0 bridgehead atoms. The molecule has 0 saturated carbocycles. The van der Waals surface area contributed by atoms with Crippen LogP contribution < -0.4 is 10.0 Å². The first-order chi connectivity index (χ1) is 17.9. The quantitative estimate of drug-likeness (QED) is 0.217. The van der Waals surface area contributed by atoms with Crippen LogP contribution in [0.2, 0.25) is 5.02 Å². The molecule has 7 nitrogen and oxygen atoms in total. The molecular formula is C27H23BrClN5O2S. The van der Waals surface area contributed by atoms with Gasteiger partial charge in [-0.3, -0.25) is 0 Å². The van der Waals surface area contributed by atoms with Crippen molar-refractivity contribution in [3.8, 4) is 11.3 Å². The molecule has 10 heteroatoms. The van der Waals surface area contributed by atoms with Crippen molar-refractivity contribution >= 4 is 49.0 Å². The minimum atomic E-state index is -3.43. The predicted octanol–water partition coefficient (Wildman–Crippen LogP) is 6.04. The van der Waals surface area contributed by atoms with Crippen LogP contribution in [0.3, 0.4) is 0 Å². The fourth-order valence-electron chi connectivity index (χ4n) is 3.87. The molecular weight excluding hydrogens is 574 g/mol. The summed E-state index contributed by atoms with van der Waals surface area (Å²) in [6.45, 7) is 0.773. The smallest absolute Gasteiger partial charge is 0.216 e. The Balaban J connectivity index is 1.27. The Kier molecular flexibility index (Phi) is 7.57. The van der Waals surface area contributed by atoms with Gasteiger partial charge in [0.25, 0.3) is 0 Å². The highest BCUT2D eigenvalue weighted by molar-refractivity contribution is 9.10. The molecule has 0 spiro atoms. The largest absolute Gasteiger partial charge is 0.366 e. The Morgan fingerprint density at radius 3 is 2.27 bits per heavy atom. The van der Waals surface area contributed by atoms with Gasteiger partial charge in [-0.15, -0.1) is 0 Å². The second kappa shape index (κ2) is 11.0. The lowest BCUT2D eigenvalue weighted by Crippen LogP contribution is -2.24. The molecule has 0 atom stereocenters. The number of nitrogens with one attached hydrogen (secondary N) is 2. The maximum atomic E-state index is 12.4. The summed E-state index contributed by atoms with van der Waals surface area (Å²) in [5.41, 5.74) is 4.92. The SMILES string of the molecule is O=S(=O)(Cc1ccccc1)NCc1ccc(CNc2cc(-c3ccccc3Cl)nc3c(Br)cnn23)cc1. The zero-order valence-electron chi connectivity index (χ0n) is 19.6. The number of halogens is 2. The van der Waals surface area contributed by atoms with Crippen LogP contribution in [0.25, 0.3) is 16.9 Å². The number of rotatable bonds is 9. The van der Waals surface area contributed by atoms with Crippen LogP contribution in [0.4, 0.5) is 5.82 Å². The Bertz CT molecular complexity index is 1640. The van der Waals surface area contributed by atoms with Crippen molar-refractivity contribution in [3.63, 3.8) is 0 Å². The van der Waals surface area contributed by atoms with Crippen LogP contribution >= 0.6 is 27.5 Å². The minimum absolute atomic E-state index is 0.0457. The van der Waals surface area contributed by atoms with Crippen LogP contribution in [-0.4, -0.2) is 23.0 Å². The van der Waals surface area contributed by atoms with Gasteiger partial charge in [0.2, 0.25) is 10.0 Å². The molecule has 2 aromatic heterocycles. The fourth-order valence-corrected chi connectivity index (χ4v) is 5.58. The molecule has 0 aliphatic rings. The first-order valence-electron chi connectivity index (χ1n) is 11.5. The van der Waals surface area contributed by atoms with Gasteiger partial charge in [-0.1, -0.05) is 84.4 Å². The Hall–Kier alpha value is -3.24. The second-order valence-corrected chi connectivity index (χ2v) is 11.5. The molecule has 0 fully saturated rings. The second-order valence-electron chi connectivity index (χ2n) is 8.47. The summed E-state index contributed by atoms with van der Waals surface area (Å²) in [5, 5.41) is 8.48. The summed E-state index contributed by atoms with van der Waals surface area (Å²) in [6, 6.07) is 26.4. The molecule has 2 N–H and O–H groups in total. The van der Waals surface area contributed by atoms with Crippen molar-refractivity contribution < 1.29 is 8.42 Å². The zero-order valence-corrected chi connectivity index (χ0v) is 22.8. The highest BCUT2D eigenvalue weighted by Gasteiger charge is 2.14. The van der Waals surface area contributed by atoms with E-state index in [9.17, 15) is 8.42 Å². The van der Waals surface area contributed by atoms with Crippen LogP contribution in [0.15, 0.2) is 95.6 Å². The maximum Gasteiger partial charge on any atom is 0.216 e. The Morgan fingerprint density at radius 1 is 0.865 bits per heavy atom. The van der Waals surface area contributed by atoms with E-state index in [1.165, 1.54) is 0 Å². The molecule has 2 heterocycles. The van der Waals surface area contributed by atoms with Gasteiger partial charge in [-0.2, -0.15) is 9.61 Å². The first-order valence-corrected chi connectivity index (χ1v) is 14.3. The average Bonchev–Trinajstić information content (AvgIpc) is 3.28. The van der Waals surface area contributed by atoms with Crippen LogP contribution in [0, 0.1) is 0 Å². The lowest BCUT2D eigenvalue weighted by atomic mass is 10.1. The maximum absolute atomic E-state index is 12.4. The third kappa shape index (κ3) is 6.19. The lowest BCUT2D eigenvalue weighted by molar-refractivity contribution is 0.580. The molecule has 5 aromatic rings. The molecule has 0 aliphatic carbocycles. The molecule has 0 amide bonds. The number of fused-ring (bicyclic) bond motifs is 1. The lowest BCUT2D eigenvalue weighted by Gasteiger charge is -2.12. The molecule has 0 unspecified atom stereocenters. The number of aromatic nitrogens is 3. The van der Waals surface area contributed by atoms with Gasteiger partial charge >= 0.3 is 0 Å². The van der Waals surface area contributed by atoms with Crippen molar-refractivity contribution in [1.29, 1.82) is 0 Å². The van der Waals surface area contributed by atoms with E-state index < -0.39 is 10.0 Å². The van der Waals surface area contributed by atoms with Crippen molar-refractivity contribution in [2.24, 2.45) is 0 Å². The molecule has 0 saturated heterocycles. The number of benzene rings is 3. The third-order valence-corrected chi connectivity index (χ3v) is 7.96. The van der Waals surface area contributed by atoms with Gasteiger partial charge in [0.05, 0.1) is 22.1 Å². The zero-order chi connectivity index (χ0) is 25.8. The molecule has 0 radical (unpaired) electrons. The van der Waals surface area contributed by atoms with Gasteiger partial charge in [-0.05, 0) is 38.7 Å². The molecule has 37 heavy (non-hydrogen) atoms. The van der Waals surface area contributed by atoms with Crippen LogP contribution in [0.5, 0.6) is 0 Å². The molecule has 5 rings (SSSR count). The summed E-state index contributed by atoms with van der Waals surface area (Å²) in [7, 11) is -3.43. The van der Waals surface area contributed by atoms with Crippen molar-refractivity contribution in [3.05, 3.63) is 117 Å². The van der Waals surface area contributed by atoms with Crippen LogP contribution in [0.1, 0.15) is 16.7 Å². The number of nitrogens with zero attached hydrogens (tertiary/aromatic N) is 3. The normalized spacial score (nSPS) is 11.6. The van der Waals surface area contributed by atoms with E-state index in [0.717, 1.165) is 38.2 Å². The topological polar surface area (TPSA) is 88.4 Å². The first kappa shape index (κ1) is 25.4. The van der Waals surface area contributed by atoms with E-state index in [0.29, 0.717) is 17.2 Å². The summed E-state index contributed by atoms with van der Waals surface area (Å²) in [5.74, 6) is 0.721. The molecule has 188 valence electrons. The third-order valence-electron chi connectivity index (χ3n) is 5.77. The van der Waals surface area contributed by atoms with E-state index in [2.05, 4.69) is 31.1 Å². The van der Waals surface area contributed by atoms with Gasteiger partial charge in [0.1, 0.15) is 5.82 Å². The number of hydrogen-bond donors (Lipinski definition) is 2. The number of sulfonamides is 1. The monoisotopic (exact) mass is 595 g/mol. The van der Waals surface area contributed by atoms with Gasteiger partial charge < -0.3 is 5.32 Å². The van der Waals surface area contributed by atoms with Gasteiger partial charge in [-0.25, -0.2) is 18.1 Å². The Labute approximate surface area is 228 Å². The van der Waals surface area contributed by atoms with E-state index in [-0.39, 0.29) is 12.3 Å². The summed E-state index contributed by atoms with van der Waals surface area (Å²) in [6.07, 6.45) is 1.71. The van der Waals surface area contributed by atoms with Crippen molar-refractivity contribution in [2.45, 2.75) is 18.8 Å². The van der Waals surface area contributed by atoms with Crippen molar-refractivity contribution in [1.82, 2.24) is 19.3 Å². The molecule has 3 aromatic carbocycles. The highest BCUT2D eigenvalue weighted by Crippen LogP contribution is 2.30. The standard InChI is InChI=1S/C27H23BrClN5O2S/c28-23-17-31-34-26(14-25(33-27(23)34)22-8-4-5-9-24(22)29)30-15-19-10-12-20(13-11-19)16-32-37(35,36)18-21-6-2-1-3-7-21/h1-14,17,30,32H,15-16,18H2. The van der Waals surface area contributed by atoms with Gasteiger partial charge in [0.15, 0.2) is 5.65 Å². The average molecular weight is 597 g/mol.